The Morgan fingerprint density at radius 3 is 2.60 bits per heavy atom. The van der Waals surface area contributed by atoms with Gasteiger partial charge in [-0.2, -0.15) is 0 Å². The minimum absolute atomic E-state index is 0.460. The highest BCUT2D eigenvalue weighted by Crippen LogP contribution is 2.18. The van der Waals surface area contributed by atoms with Crippen molar-refractivity contribution in [3.8, 4) is 0 Å². The van der Waals surface area contributed by atoms with E-state index in [9.17, 15) is 8.42 Å². The first-order valence-electron chi connectivity index (χ1n) is 7.07. The fraction of sp³-hybridized carbons (Fsp3) is 0.600. The zero-order valence-electron chi connectivity index (χ0n) is 12.6. The Morgan fingerprint density at radius 1 is 1.15 bits per heavy atom. The second kappa shape index (κ2) is 6.24. The van der Waals surface area contributed by atoms with Gasteiger partial charge >= 0.3 is 0 Å². The molecule has 1 aliphatic heterocycles. The van der Waals surface area contributed by atoms with Gasteiger partial charge in [0.05, 0.1) is 4.90 Å². The lowest BCUT2D eigenvalue weighted by atomic mass is 10.1. The molecular formula is C15H24N2O2S. The van der Waals surface area contributed by atoms with Crippen LogP contribution in [0.2, 0.25) is 0 Å². The molecule has 1 saturated heterocycles. The van der Waals surface area contributed by atoms with Crippen LogP contribution in [0.25, 0.3) is 0 Å². The van der Waals surface area contributed by atoms with Crippen molar-refractivity contribution in [3.05, 3.63) is 29.3 Å². The number of benzene rings is 1. The van der Waals surface area contributed by atoms with Crippen molar-refractivity contribution in [1.29, 1.82) is 0 Å². The molecule has 112 valence electrons. The number of sulfone groups is 1. The van der Waals surface area contributed by atoms with E-state index >= 15 is 0 Å². The van der Waals surface area contributed by atoms with Crippen LogP contribution in [0.5, 0.6) is 0 Å². The predicted molar refractivity (Wildman–Crippen MR) is 81.7 cm³/mol. The van der Waals surface area contributed by atoms with Crippen LogP contribution < -0.4 is 0 Å². The van der Waals surface area contributed by atoms with E-state index in [2.05, 4.69) is 16.8 Å². The van der Waals surface area contributed by atoms with E-state index in [4.69, 9.17) is 0 Å². The van der Waals surface area contributed by atoms with Crippen LogP contribution in [0.15, 0.2) is 23.1 Å². The summed E-state index contributed by atoms with van der Waals surface area (Å²) in [7, 11) is -0.990. The van der Waals surface area contributed by atoms with Gasteiger partial charge in [-0.15, -0.1) is 0 Å². The van der Waals surface area contributed by atoms with Crippen molar-refractivity contribution in [3.63, 3.8) is 0 Å². The molecule has 1 aromatic rings. The molecule has 0 N–H and O–H groups in total. The van der Waals surface area contributed by atoms with Gasteiger partial charge in [-0.1, -0.05) is 12.1 Å². The van der Waals surface area contributed by atoms with E-state index in [-0.39, 0.29) is 0 Å². The topological polar surface area (TPSA) is 40.6 Å². The minimum Gasteiger partial charge on any atom is -0.305 e. The number of aryl methyl sites for hydroxylation is 1. The lowest BCUT2D eigenvalue weighted by Gasteiger charge is -2.20. The number of hydrogen-bond acceptors (Lipinski definition) is 4. The summed E-state index contributed by atoms with van der Waals surface area (Å²) in [5.41, 5.74) is 1.91. The summed E-state index contributed by atoms with van der Waals surface area (Å²) in [6.45, 7) is 7.01. The summed E-state index contributed by atoms with van der Waals surface area (Å²) in [6.07, 6.45) is 2.45. The lowest BCUT2D eigenvalue weighted by Crippen LogP contribution is -2.28. The normalized spacial score (nSPS) is 18.9. The molecule has 0 bridgehead atoms. The highest BCUT2D eigenvalue weighted by atomic mass is 32.2. The number of rotatable bonds is 3. The molecule has 0 aromatic heterocycles. The maximum Gasteiger partial charge on any atom is 0.175 e. The van der Waals surface area contributed by atoms with Gasteiger partial charge in [0.2, 0.25) is 0 Å². The van der Waals surface area contributed by atoms with Crippen molar-refractivity contribution in [2.24, 2.45) is 0 Å². The molecule has 20 heavy (non-hydrogen) atoms. The number of hydrogen-bond donors (Lipinski definition) is 0. The minimum atomic E-state index is -3.14. The van der Waals surface area contributed by atoms with Crippen LogP contribution in [0.4, 0.5) is 0 Å². The fourth-order valence-corrected chi connectivity index (χ4v) is 3.68. The van der Waals surface area contributed by atoms with Crippen molar-refractivity contribution in [1.82, 2.24) is 9.80 Å². The van der Waals surface area contributed by atoms with Gasteiger partial charge in [0.1, 0.15) is 0 Å². The third-order valence-corrected chi connectivity index (χ3v) is 5.11. The van der Waals surface area contributed by atoms with E-state index in [1.807, 2.05) is 25.1 Å². The zero-order chi connectivity index (χ0) is 14.8. The van der Waals surface area contributed by atoms with Gasteiger partial charge in [0.15, 0.2) is 9.84 Å². The van der Waals surface area contributed by atoms with Crippen LogP contribution in [0.3, 0.4) is 0 Å². The first kappa shape index (κ1) is 15.5. The monoisotopic (exact) mass is 296 g/mol. The van der Waals surface area contributed by atoms with E-state index in [0.29, 0.717) is 4.90 Å². The van der Waals surface area contributed by atoms with Crippen LogP contribution in [-0.4, -0.2) is 57.7 Å². The molecule has 1 aliphatic rings. The molecule has 0 atom stereocenters. The van der Waals surface area contributed by atoms with Gasteiger partial charge in [-0.3, -0.25) is 4.90 Å². The van der Waals surface area contributed by atoms with Gasteiger partial charge in [0, 0.05) is 25.9 Å². The predicted octanol–water partition coefficient (Wildman–Crippen LogP) is 1.54. The van der Waals surface area contributed by atoms with E-state index in [1.165, 1.54) is 12.7 Å². The standard InChI is InChI=1S/C15H24N2O2S/c1-13-5-6-14(11-15(13)20(3,18)19)12-17-8-4-7-16(2)9-10-17/h5-6,11H,4,7-10,12H2,1-3H3. The maximum absolute atomic E-state index is 11.8. The van der Waals surface area contributed by atoms with Crippen molar-refractivity contribution in [2.45, 2.75) is 24.8 Å². The average Bonchev–Trinajstić information content (AvgIpc) is 2.55. The van der Waals surface area contributed by atoms with Crippen LogP contribution in [0, 0.1) is 6.92 Å². The highest BCUT2D eigenvalue weighted by molar-refractivity contribution is 7.90. The Labute approximate surface area is 122 Å². The van der Waals surface area contributed by atoms with Crippen molar-refractivity contribution in [2.75, 3.05) is 39.5 Å². The third kappa shape index (κ3) is 4.04. The molecule has 1 aromatic carbocycles. The molecule has 0 radical (unpaired) electrons. The van der Waals surface area contributed by atoms with Gasteiger partial charge < -0.3 is 4.90 Å². The third-order valence-electron chi connectivity index (χ3n) is 3.87. The highest BCUT2D eigenvalue weighted by Gasteiger charge is 2.15. The SMILES string of the molecule is Cc1ccc(CN2CCCN(C)CC2)cc1S(C)(=O)=O. The molecular weight excluding hydrogens is 272 g/mol. The molecule has 0 amide bonds. The molecule has 5 heteroatoms. The van der Waals surface area contributed by atoms with Crippen LogP contribution in [0.1, 0.15) is 17.5 Å². The summed E-state index contributed by atoms with van der Waals surface area (Å²) in [5, 5.41) is 0. The van der Waals surface area contributed by atoms with Gasteiger partial charge in [0.25, 0.3) is 0 Å². The van der Waals surface area contributed by atoms with E-state index < -0.39 is 9.84 Å². The first-order valence-corrected chi connectivity index (χ1v) is 8.96. The molecule has 0 saturated carbocycles. The van der Waals surface area contributed by atoms with Crippen LogP contribution >= 0.6 is 0 Å². The number of likely N-dealkylation sites (N-methyl/N-ethyl adjacent to an activating group) is 1. The molecule has 4 nitrogen and oxygen atoms in total. The summed E-state index contributed by atoms with van der Waals surface area (Å²) in [5.74, 6) is 0. The summed E-state index contributed by atoms with van der Waals surface area (Å²) >= 11 is 0. The Kier molecular flexibility index (Phi) is 4.83. The van der Waals surface area contributed by atoms with Crippen molar-refractivity contribution >= 4 is 9.84 Å². The molecule has 0 aliphatic carbocycles. The smallest absolute Gasteiger partial charge is 0.175 e. The summed E-state index contributed by atoms with van der Waals surface area (Å²) < 4.78 is 23.6. The largest absolute Gasteiger partial charge is 0.305 e. The van der Waals surface area contributed by atoms with Crippen molar-refractivity contribution < 1.29 is 8.42 Å². The Morgan fingerprint density at radius 2 is 1.90 bits per heavy atom. The molecule has 0 spiro atoms. The average molecular weight is 296 g/mol. The Balaban J connectivity index is 2.14. The fourth-order valence-electron chi connectivity index (χ4n) is 2.66. The van der Waals surface area contributed by atoms with Gasteiger partial charge in [-0.05, 0) is 50.7 Å². The zero-order valence-corrected chi connectivity index (χ0v) is 13.4. The Bertz CT molecular complexity index is 569. The van der Waals surface area contributed by atoms with E-state index in [1.54, 1.807) is 0 Å². The quantitative estimate of drug-likeness (QED) is 0.848. The number of nitrogens with zero attached hydrogens (tertiary/aromatic N) is 2. The summed E-state index contributed by atoms with van der Waals surface area (Å²) in [6, 6.07) is 5.79. The molecule has 0 unspecified atom stereocenters. The first-order chi connectivity index (χ1) is 9.36. The second-order valence-corrected chi connectivity index (χ2v) is 7.79. The second-order valence-electron chi connectivity index (χ2n) is 5.80. The lowest BCUT2D eigenvalue weighted by molar-refractivity contribution is 0.269. The molecule has 1 heterocycles. The van der Waals surface area contributed by atoms with Crippen LogP contribution in [-0.2, 0) is 16.4 Å². The van der Waals surface area contributed by atoms with Gasteiger partial charge in [-0.25, -0.2) is 8.42 Å². The Hall–Kier alpha value is -0.910. The molecule has 2 rings (SSSR count). The van der Waals surface area contributed by atoms with E-state index in [0.717, 1.165) is 43.9 Å². The summed E-state index contributed by atoms with van der Waals surface area (Å²) in [4.78, 5) is 5.21. The molecule has 1 fully saturated rings. The maximum atomic E-state index is 11.8.